The zero-order valence-corrected chi connectivity index (χ0v) is 9.64. The molecule has 0 saturated heterocycles. The smallest absolute Gasteiger partial charge is 0.0152 e. The fourth-order valence-corrected chi connectivity index (χ4v) is 3.23. The van der Waals surface area contributed by atoms with Gasteiger partial charge in [-0.1, -0.05) is 38.2 Å². The normalized spacial score (nSPS) is 27.1. The minimum atomic E-state index is 0.262. The van der Waals surface area contributed by atoms with Crippen molar-refractivity contribution in [1.29, 1.82) is 0 Å². The first kappa shape index (κ1) is 9.21. The van der Waals surface area contributed by atoms with E-state index in [1.165, 1.54) is 25.7 Å². The van der Waals surface area contributed by atoms with Gasteiger partial charge in [-0.05, 0) is 48.0 Å². The molecule has 0 radical (unpaired) electrons. The Morgan fingerprint density at radius 2 is 1.87 bits per heavy atom. The highest BCUT2D eigenvalue weighted by Gasteiger charge is 2.39. The summed E-state index contributed by atoms with van der Waals surface area (Å²) >= 11 is 0. The quantitative estimate of drug-likeness (QED) is 0.544. The van der Waals surface area contributed by atoms with Gasteiger partial charge in [-0.3, -0.25) is 0 Å². The van der Waals surface area contributed by atoms with E-state index in [1.54, 1.807) is 22.3 Å². The molecule has 3 aliphatic carbocycles. The molecule has 0 amide bonds. The van der Waals surface area contributed by atoms with Gasteiger partial charge in [0, 0.05) is 5.41 Å². The maximum atomic E-state index is 2.46. The predicted octanol–water partition coefficient (Wildman–Crippen LogP) is 4.32. The lowest BCUT2D eigenvalue weighted by Crippen LogP contribution is -2.13. The SMILES string of the molecule is CC1(C)C2=CCCC=C2C2=C1C=CCC2. The summed E-state index contributed by atoms with van der Waals surface area (Å²) < 4.78 is 0. The molecule has 0 heteroatoms. The van der Waals surface area contributed by atoms with E-state index in [2.05, 4.69) is 38.2 Å². The van der Waals surface area contributed by atoms with Gasteiger partial charge in [0.25, 0.3) is 0 Å². The number of allylic oxidation sites excluding steroid dienone is 8. The van der Waals surface area contributed by atoms with Gasteiger partial charge in [0.1, 0.15) is 0 Å². The third-order valence-electron chi connectivity index (χ3n) is 4.00. The Kier molecular flexibility index (Phi) is 1.83. The van der Waals surface area contributed by atoms with E-state index in [-0.39, 0.29) is 5.41 Å². The van der Waals surface area contributed by atoms with E-state index in [0.29, 0.717) is 0 Å². The van der Waals surface area contributed by atoms with Gasteiger partial charge >= 0.3 is 0 Å². The monoisotopic (exact) mass is 198 g/mol. The van der Waals surface area contributed by atoms with Crippen LogP contribution in [-0.4, -0.2) is 0 Å². The van der Waals surface area contributed by atoms with Crippen LogP contribution in [0.15, 0.2) is 46.6 Å². The topological polar surface area (TPSA) is 0 Å². The third kappa shape index (κ3) is 1.14. The van der Waals surface area contributed by atoms with Crippen molar-refractivity contribution < 1.29 is 0 Å². The molecule has 0 unspecified atom stereocenters. The van der Waals surface area contributed by atoms with Crippen LogP contribution in [0.1, 0.15) is 39.5 Å². The second-order valence-corrected chi connectivity index (χ2v) is 5.27. The summed E-state index contributed by atoms with van der Waals surface area (Å²) in [5, 5.41) is 0. The second-order valence-electron chi connectivity index (χ2n) is 5.27. The number of rotatable bonds is 0. The molecule has 3 aliphatic rings. The minimum Gasteiger partial charge on any atom is -0.0839 e. The molecule has 0 saturated carbocycles. The van der Waals surface area contributed by atoms with Crippen molar-refractivity contribution in [1.82, 2.24) is 0 Å². The largest absolute Gasteiger partial charge is 0.0839 e. The molecule has 0 aliphatic heterocycles. The Morgan fingerprint density at radius 1 is 1.07 bits per heavy atom. The summed E-state index contributed by atoms with van der Waals surface area (Å²) in [4.78, 5) is 0. The van der Waals surface area contributed by atoms with Crippen molar-refractivity contribution in [3.8, 4) is 0 Å². The van der Waals surface area contributed by atoms with E-state index < -0.39 is 0 Å². The molecule has 0 aromatic carbocycles. The van der Waals surface area contributed by atoms with Crippen LogP contribution >= 0.6 is 0 Å². The summed E-state index contributed by atoms with van der Waals surface area (Å²) in [7, 11) is 0. The van der Waals surface area contributed by atoms with Gasteiger partial charge in [-0.2, -0.15) is 0 Å². The molecular formula is C15H18. The van der Waals surface area contributed by atoms with E-state index >= 15 is 0 Å². The fraction of sp³-hybridized carbons (Fsp3) is 0.467. The Labute approximate surface area is 92.1 Å². The Morgan fingerprint density at radius 3 is 2.73 bits per heavy atom. The molecule has 15 heavy (non-hydrogen) atoms. The average molecular weight is 198 g/mol. The lowest BCUT2D eigenvalue weighted by atomic mass is 9.78. The Balaban J connectivity index is 2.21. The zero-order valence-electron chi connectivity index (χ0n) is 9.64. The van der Waals surface area contributed by atoms with Gasteiger partial charge in [-0.25, -0.2) is 0 Å². The molecule has 78 valence electrons. The summed E-state index contributed by atoms with van der Waals surface area (Å²) in [6.45, 7) is 4.74. The van der Waals surface area contributed by atoms with Crippen molar-refractivity contribution in [3.63, 3.8) is 0 Å². The first-order chi connectivity index (χ1) is 7.21. The molecule has 0 fully saturated rings. The molecule has 3 rings (SSSR count). The molecule has 0 N–H and O–H groups in total. The molecule has 0 nitrogen and oxygen atoms in total. The van der Waals surface area contributed by atoms with Crippen molar-refractivity contribution >= 4 is 0 Å². The van der Waals surface area contributed by atoms with Crippen molar-refractivity contribution in [2.75, 3.05) is 0 Å². The Hall–Kier alpha value is -1.04. The standard InChI is InChI=1S/C15H18/c1-15(2)13-9-5-3-7-11(13)12-8-4-6-10-14(12)15/h5,8-10H,3-4,6-7H2,1-2H3. The first-order valence-corrected chi connectivity index (χ1v) is 6.03. The molecule has 0 bridgehead atoms. The van der Waals surface area contributed by atoms with Crippen LogP contribution in [-0.2, 0) is 0 Å². The summed E-state index contributed by atoms with van der Waals surface area (Å²) in [5.74, 6) is 0. The second kappa shape index (κ2) is 2.98. The highest BCUT2D eigenvalue weighted by Crippen LogP contribution is 2.54. The fourth-order valence-electron chi connectivity index (χ4n) is 3.23. The zero-order chi connectivity index (χ0) is 10.5. The van der Waals surface area contributed by atoms with Crippen LogP contribution in [0, 0.1) is 5.41 Å². The van der Waals surface area contributed by atoms with Crippen molar-refractivity contribution in [2.24, 2.45) is 5.41 Å². The van der Waals surface area contributed by atoms with Gasteiger partial charge in [-0.15, -0.1) is 0 Å². The van der Waals surface area contributed by atoms with E-state index in [4.69, 9.17) is 0 Å². The van der Waals surface area contributed by atoms with Crippen molar-refractivity contribution in [2.45, 2.75) is 39.5 Å². The molecular weight excluding hydrogens is 180 g/mol. The van der Waals surface area contributed by atoms with Gasteiger partial charge in [0.05, 0.1) is 0 Å². The highest BCUT2D eigenvalue weighted by molar-refractivity contribution is 5.65. The summed E-state index contributed by atoms with van der Waals surface area (Å²) in [6, 6.07) is 0. The van der Waals surface area contributed by atoms with Crippen LogP contribution < -0.4 is 0 Å². The van der Waals surface area contributed by atoms with Crippen LogP contribution in [0.25, 0.3) is 0 Å². The van der Waals surface area contributed by atoms with Crippen LogP contribution in [0.5, 0.6) is 0 Å². The summed E-state index contributed by atoms with van der Waals surface area (Å²) in [5.41, 5.74) is 6.64. The van der Waals surface area contributed by atoms with E-state index in [0.717, 1.165) is 0 Å². The third-order valence-corrected chi connectivity index (χ3v) is 4.00. The number of hydrogen-bond donors (Lipinski definition) is 0. The highest BCUT2D eigenvalue weighted by atomic mass is 14.4. The van der Waals surface area contributed by atoms with E-state index in [9.17, 15) is 0 Å². The van der Waals surface area contributed by atoms with Gasteiger partial charge in [0.2, 0.25) is 0 Å². The lowest BCUT2D eigenvalue weighted by Gasteiger charge is -2.25. The number of fused-ring (bicyclic) bond motifs is 2. The van der Waals surface area contributed by atoms with Crippen LogP contribution in [0.4, 0.5) is 0 Å². The Bertz CT molecular complexity index is 425. The van der Waals surface area contributed by atoms with Crippen LogP contribution in [0.2, 0.25) is 0 Å². The lowest BCUT2D eigenvalue weighted by molar-refractivity contribution is 0.570. The van der Waals surface area contributed by atoms with Gasteiger partial charge in [0.15, 0.2) is 0 Å². The summed E-state index contributed by atoms with van der Waals surface area (Å²) in [6.07, 6.45) is 14.5. The molecule has 0 atom stereocenters. The first-order valence-electron chi connectivity index (χ1n) is 6.03. The van der Waals surface area contributed by atoms with Crippen LogP contribution in [0.3, 0.4) is 0 Å². The average Bonchev–Trinajstić information content (AvgIpc) is 2.51. The minimum absolute atomic E-state index is 0.262. The number of hydrogen-bond acceptors (Lipinski definition) is 0. The molecule has 0 aromatic rings. The predicted molar refractivity (Wildman–Crippen MR) is 64.6 cm³/mol. The van der Waals surface area contributed by atoms with E-state index in [1.807, 2.05) is 0 Å². The van der Waals surface area contributed by atoms with Gasteiger partial charge < -0.3 is 0 Å². The molecule has 0 aromatic heterocycles. The molecule has 0 spiro atoms. The maximum Gasteiger partial charge on any atom is 0.0152 e. The maximum absolute atomic E-state index is 2.46. The molecule has 0 heterocycles. The van der Waals surface area contributed by atoms with Crippen molar-refractivity contribution in [3.05, 3.63) is 46.6 Å².